The Labute approximate surface area is 169 Å². The predicted molar refractivity (Wildman–Crippen MR) is 115 cm³/mol. The monoisotopic (exact) mass is 388 g/mol. The van der Waals surface area contributed by atoms with Gasteiger partial charge in [0.15, 0.2) is 0 Å². The van der Waals surface area contributed by atoms with Crippen molar-refractivity contribution < 1.29 is 14.9 Å². The molecule has 0 saturated heterocycles. The zero-order chi connectivity index (χ0) is 20.4. The molecule has 29 heavy (non-hydrogen) atoms. The molecule has 2 aromatic heterocycles. The topological polar surface area (TPSA) is 78.4 Å². The van der Waals surface area contributed by atoms with Gasteiger partial charge in [0.25, 0.3) is 0 Å². The summed E-state index contributed by atoms with van der Waals surface area (Å²) in [6.07, 6.45) is 2.55. The van der Waals surface area contributed by atoms with E-state index in [0.717, 1.165) is 39.0 Å². The van der Waals surface area contributed by atoms with Crippen molar-refractivity contribution in [3.63, 3.8) is 0 Å². The summed E-state index contributed by atoms with van der Waals surface area (Å²) >= 11 is 0. The number of benzene rings is 2. The number of aliphatic hydroxyl groups is 2. The molecule has 0 radical (unpaired) electrons. The van der Waals surface area contributed by atoms with Crippen molar-refractivity contribution in [2.45, 2.75) is 25.6 Å². The van der Waals surface area contributed by atoms with Crippen LogP contribution >= 0.6 is 0 Å². The molecule has 0 bridgehead atoms. The molecule has 0 saturated carbocycles. The quantitative estimate of drug-likeness (QED) is 0.447. The number of methoxy groups -OCH3 is 1. The molecule has 5 nitrogen and oxygen atoms in total. The lowest BCUT2D eigenvalue weighted by Gasteiger charge is -2.17. The van der Waals surface area contributed by atoms with E-state index in [1.54, 1.807) is 7.11 Å². The van der Waals surface area contributed by atoms with Crippen molar-refractivity contribution in [1.82, 2.24) is 9.97 Å². The Balaban J connectivity index is 1.79. The summed E-state index contributed by atoms with van der Waals surface area (Å²) in [5.74, 6) is 0.803. The Morgan fingerprint density at radius 1 is 1.00 bits per heavy atom. The highest BCUT2D eigenvalue weighted by atomic mass is 16.5. The molecular weight excluding hydrogens is 364 g/mol. The van der Waals surface area contributed by atoms with E-state index < -0.39 is 12.2 Å². The lowest BCUT2D eigenvalue weighted by molar-refractivity contribution is 0.0165. The fourth-order valence-corrected chi connectivity index (χ4v) is 3.60. The maximum Gasteiger partial charge on any atom is 0.137 e. The van der Waals surface area contributed by atoms with E-state index in [1.807, 2.05) is 67.8 Å². The number of aromatic nitrogens is 2. The summed E-state index contributed by atoms with van der Waals surface area (Å²) in [7, 11) is 1.67. The van der Waals surface area contributed by atoms with Crippen LogP contribution in [0.25, 0.3) is 33.3 Å². The zero-order valence-electron chi connectivity index (χ0n) is 16.5. The third-order valence-electron chi connectivity index (χ3n) is 5.27. The number of ether oxygens (including phenoxy) is 1. The average molecular weight is 388 g/mol. The van der Waals surface area contributed by atoms with Crippen molar-refractivity contribution in [3.05, 3.63) is 72.6 Å². The van der Waals surface area contributed by atoms with Crippen molar-refractivity contribution in [2.75, 3.05) is 7.11 Å². The number of aliphatic hydroxyl groups excluding tert-OH is 2. The van der Waals surface area contributed by atoms with Crippen LogP contribution in [0.15, 0.2) is 67.0 Å². The van der Waals surface area contributed by atoms with Gasteiger partial charge in [0, 0.05) is 34.5 Å². The number of hydrogen-bond acceptors (Lipinski definition) is 4. The van der Waals surface area contributed by atoms with Gasteiger partial charge in [0.2, 0.25) is 0 Å². The molecule has 2 heterocycles. The molecule has 0 aliphatic carbocycles. The van der Waals surface area contributed by atoms with Crippen LogP contribution in [0, 0.1) is 0 Å². The second-order valence-corrected chi connectivity index (χ2v) is 7.07. The number of para-hydroxylation sites is 1. The Morgan fingerprint density at radius 3 is 2.62 bits per heavy atom. The molecule has 0 aliphatic heterocycles. The van der Waals surface area contributed by atoms with Gasteiger partial charge in [-0.3, -0.25) is 0 Å². The minimum atomic E-state index is -0.909. The third-order valence-corrected chi connectivity index (χ3v) is 5.27. The second kappa shape index (κ2) is 8.07. The van der Waals surface area contributed by atoms with Gasteiger partial charge in [-0.15, -0.1) is 0 Å². The highest BCUT2D eigenvalue weighted by molar-refractivity contribution is 5.97. The fraction of sp³-hybridized carbons (Fsp3) is 0.208. The first-order valence-corrected chi connectivity index (χ1v) is 9.69. The molecular formula is C24H24N2O3. The lowest BCUT2D eigenvalue weighted by Crippen LogP contribution is -2.16. The Morgan fingerprint density at radius 2 is 1.83 bits per heavy atom. The summed E-state index contributed by atoms with van der Waals surface area (Å²) in [6, 6.07) is 17.6. The van der Waals surface area contributed by atoms with E-state index in [4.69, 9.17) is 4.74 Å². The van der Waals surface area contributed by atoms with Crippen LogP contribution in [-0.4, -0.2) is 33.4 Å². The predicted octanol–water partition coefficient (Wildman–Crippen LogP) is 4.71. The van der Waals surface area contributed by atoms with Crippen LogP contribution in [0.4, 0.5) is 0 Å². The Hall–Kier alpha value is -3.15. The molecule has 0 aliphatic rings. The molecule has 2 atom stereocenters. The number of nitrogens with one attached hydrogen (secondary N) is 1. The zero-order valence-corrected chi connectivity index (χ0v) is 16.5. The van der Waals surface area contributed by atoms with E-state index in [-0.39, 0.29) is 0 Å². The molecule has 5 heteroatoms. The lowest BCUT2D eigenvalue weighted by atomic mass is 9.97. The van der Waals surface area contributed by atoms with Gasteiger partial charge in [-0.1, -0.05) is 43.3 Å². The smallest absolute Gasteiger partial charge is 0.137 e. The van der Waals surface area contributed by atoms with Crippen LogP contribution in [0.1, 0.15) is 25.0 Å². The normalized spacial score (nSPS) is 13.4. The first kappa shape index (κ1) is 19.2. The standard InChI is InChI=1S/C24H24N2O3/c1-3-21(27)23(28)16-8-6-7-15(11-16)17-12-19-20(14-26-24(19)25-13-17)18-9-4-5-10-22(18)29-2/h4-14,21,23,27-28H,3H2,1-2H3,(H,25,26)/t21-,23-/m0/s1. The molecule has 4 aromatic rings. The van der Waals surface area contributed by atoms with Gasteiger partial charge in [-0.25, -0.2) is 4.98 Å². The Kier molecular flexibility index (Phi) is 5.34. The summed E-state index contributed by atoms with van der Waals surface area (Å²) < 4.78 is 5.52. The van der Waals surface area contributed by atoms with Gasteiger partial charge in [0.05, 0.1) is 13.2 Å². The van der Waals surface area contributed by atoms with Crippen molar-refractivity contribution in [3.8, 4) is 28.0 Å². The number of rotatable bonds is 6. The Bertz CT molecular complexity index is 1140. The van der Waals surface area contributed by atoms with Crippen LogP contribution < -0.4 is 4.74 Å². The average Bonchev–Trinajstić information content (AvgIpc) is 3.21. The number of hydrogen-bond donors (Lipinski definition) is 3. The van der Waals surface area contributed by atoms with Crippen molar-refractivity contribution >= 4 is 11.0 Å². The fourth-order valence-electron chi connectivity index (χ4n) is 3.60. The maximum atomic E-state index is 10.4. The van der Waals surface area contributed by atoms with Crippen LogP contribution in [0.2, 0.25) is 0 Å². The third kappa shape index (κ3) is 3.62. The summed E-state index contributed by atoms with van der Waals surface area (Å²) in [5, 5.41) is 21.3. The first-order chi connectivity index (χ1) is 14.1. The van der Waals surface area contributed by atoms with E-state index in [9.17, 15) is 10.2 Å². The molecule has 148 valence electrons. The van der Waals surface area contributed by atoms with Gasteiger partial charge in [-0.05, 0) is 35.7 Å². The minimum Gasteiger partial charge on any atom is -0.496 e. The highest BCUT2D eigenvalue weighted by Crippen LogP contribution is 2.36. The second-order valence-electron chi connectivity index (χ2n) is 7.07. The number of pyridine rings is 1. The van der Waals surface area contributed by atoms with Gasteiger partial charge in [0.1, 0.15) is 17.5 Å². The van der Waals surface area contributed by atoms with Crippen LogP contribution in [0.3, 0.4) is 0 Å². The maximum absolute atomic E-state index is 10.4. The van der Waals surface area contributed by atoms with E-state index in [1.165, 1.54) is 0 Å². The highest BCUT2D eigenvalue weighted by Gasteiger charge is 2.17. The van der Waals surface area contributed by atoms with E-state index in [2.05, 4.69) is 16.0 Å². The molecule has 0 fully saturated rings. The van der Waals surface area contributed by atoms with E-state index >= 15 is 0 Å². The molecule has 3 N–H and O–H groups in total. The summed E-state index contributed by atoms with van der Waals surface area (Å²) in [5.41, 5.74) is 5.38. The van der Waals surface area contributed by atoms with E-state index in [0.29, 0.717) is 12.0 Å². The van der Waals surface area contributed by atoms with Gasteiger partial charge >= 0.3 is 0 Å². The van der Waals surface area contributed by atoms with Crippen LogP contribution in [0.5, 0.6) is 5.75 Å². The molecule has 2 aromatic carbocycles. The SMILES string of the molecule is CC[C@H](O)[C@@H](O)c1cccc(-c2cnc3[nH]cc(-c4ccccc4OC)c3c2)c1. The molecule has 0 amide bonds. The number of H-pyrrole nitrogens is 1. The minimum absolute atomic E-state index is 0.491. The van der Waals surface area contributed by atoms with Gasteiger partial charge < -0.3 is 19.9 Å². The number of nitrogens with zero attached hydrogens (tertiary/aromatic N) is 1. The van der Waals surface area contributed by atoms with Crippen molar-refractivity contribution in [1.29, 1.82) is 0 Å². The number of fused-ring (bicyclic) bond motifs is 1. The summed E-state index contributed by atoms with van der Waals surface area (Å²) in [6.45, 7) is 1.85. The van der Waals surface area contributed by atoms with Crippen LogP contribution in [-0.2, 0) is 0 Å². The largest absolute Gasteiger partial charge is 0.496 e. The molecule has 0 spiro atoms. The van der Waals surface area contributed by atoms with Gasteiger partial charge in [-0.2, -0.15) is 0 Å². The number of aromatic amines is 1. The first-order valence-electron chi connectivity index (χ1n) is 9.69. The van der Waals surface area contributed by atoms with Crippen molar-refractivity contribution in [2.24, 2.45) is 0 Å². The molecule has 0 unspecified atom stereocenters. The summed E-state index contributed by atoms with van der Waals surface area (Å²) in [4.78, 5) is 7.81. The molecule has 4 rings (SSSR count).